The molecule has 1 aromatic heterocycles. The van der Waals surface area contributed by atoms with Gasteiger partial charge in [-0.15, -0.1) is 0 Å². The van der Waals surface area contributed by atoms with Crippen LogP contribution in [0.25, 0.3) is 5.69 Å². The molecule has 0 bridgehead atoms. The number of rotatable bonds is 4. The number of carbonyl (C=O) groups is 2. The summed E-state index contributed by atoms with van der Waals surface area (Å²) in [5, 5.41) is 15.2. The van der Waals surface area contributed by atoms with Crippen molar-refractivity contribution in [3.63, 3.8) is 0 Å². The van der Waals surface area contributed by atoms with E-state index in [1.54, 1.807) is 47.4 Å². The summed E-state index contributed by atoms with van der Waals surface area (Å²) in [6.45, 7) is 1.42. The van der Waals surface area contributed by atoms with Gasteiger partial charge in [-0.1, -0.05) is 0 Å². The molecule has 0 unspecified atom stereocenters. The van der Waals surface area contributed by atoms with Crippen molar-refractivity contribution >= 4 is 11.9 Å². The molecule has 6 heteroatoms. The van der Waals surface area contributed by atoms with E-state index in [2.05, 4.69) is 10.4 Å². The predicted molar refractivity (Wildman–Crippen MR) is 68.1 cm³/mol. The quantitative estimate of drug-likeness (QED) is 0.860. The minimum Gasteiger partial charge on any atom is -0.480 e. The first-order valence-electron chi connectivity index (χ1n) is 5.71. The lowest BCUT2D eigenvalue weighted by Gasteiger charge is -2.09. The van der Waals surface area contributed by atoms with Crippen LogP contribution < -0.4 is 5.32 Å². The molecule has 0 spiro atoms. The molecular weight excluding hydrogens is 246 g/mol. The SMILES string of the molecule is C[C@@H](NC(=O)c1ccc(-n2cccn2)cc1)C(=O)O. The number of carbonyl (C=O) groups excluding carboxylic acids is 1. The maximum atomic E-state index is 11.8. The topological polar surface area (TPSA) is 84.2 Å². The van der Waals surface area contributed by atoms with Crippen LogP contribution >= 0.6 is 0 Å². The largest absolute Gasteiger partial charge is 0.480 e. The monoisotopic (exact) mass is 259 g/mol. The number of amides is 1. The van der Waals surface area contributed by atoms with Gasteiger partial charge in [-0.2, -0.15) is 5.10 Å². The first kappa shape index (κ1) is 12.8. The van der Waals surface area contributed by atoms with Gasteiger partial charge in [0.2, 0.25) is 0 Å². The molecule has 2 aromatic rings. The van der Waals surface area contributed by atoms with Crippen LogP contribution in [0.3, 0.4) is 0 Å². The van der Waals surface area contributed by atoms with Crippen molar-refractivity contribution in [1.82, 2.24) is 15.1 Å². The third kappa shape index (κ3) is 2.98. The van der Waals surface area contributed by atoms with Crippen LogP contribution in [-0.2, 0) is 4.79 Å². The molecule has 0 aliphatic heterocycles. The van der Waals surface area contributed by atoms with E-state index >= 15 is 0 Å². The number of hydrogen-bond acceptors (Lipinski definition) is 3. The predicted octanol–water partition coefficient (Wildman–Crippen LogP) is 1.08. The number of nitrogens with zero attached hydrogens (tertiary/aromatic N) is 2. The highest BCUT2D eigenvalue weighted by molar-refractivity contribution is 5.96. The molecule has 6 nitrogen and oxygen atoms in total. The summed E-state index contributed by atoms with van der Waals surface area (Å²) in [6.07, 6.45) is 3.46. The lowest BCUT2D eigenvalue weighted by atomic mass is 10.2. The fourth-order valence-corrected chi connectivity index (χ4v) is 1.53. The van der Waals surface area contributed by atoms with E-state index in [1.165, 1.54) is 6.92 Å². The number of nitrogens with one attached hydrogen (secondary N) is 1. The molecule has 1 amide bonds. The molecule has 0 fully saturated rings. The van der Waals surface area contributed by atoms with Crippen LogP contribution in [0.5, 0.6) is 0 Å². The van der Waals surface area contributed by atoms with Crippen molar-refractivity contribution in [2.45, 2.75) is 13.0 Å². The second kappa shape index (κ2) is 5.34. The van der Waals surface area contributed by atoms with Crippen molar-refractivity contribution in [2.75, 3.05) is 0 Å². The number of carboxylic acid groups (broad SMARTS) is 1. The third-order valence-corrected chi connectivity index (χ3v) is 2.62. The van der Waals surface area contributed by atoms with Gasteiger partial charge in [-0.3, -0.25) is 9.59 Å². The Morgan fingerprint density at radius 3 is 2.53 bits per heavy atom. The summed E-state index contributed by atoms with van der Waals surface area (Å²) in [4.78, 5) is 22.4. The van der Waals surface area contributed by atoms with Gasteiger partial charge in [0.1, 0.15) is 6.04 Å². The summed E-state index contributed by atoms with van der Waals surface area (Å²) in [5.74, 6) is -1.48. The summed E-state index contributed by atoms with van der Waals surface area (Å²) >= 11 is 0. The van der Waals surface area contributed by atoms with E-state index in [9.17, 15) is 9.59 Å². The Hall–Kier alpha value is -2.63. The molecule has 0 saturated carbocycles. The second-order valence-electron chi connectivity index (χ2n) is 4.03. The number of aliphatic carboxylic acids is 1. The maximum Gasteiger partial charge on any atom is 0.325 e. The van der Waals surface area contributed by atoms with Gasteiger partial charge < -0.3 is 10.4 Å². The normalized spacial score (nSPS) is 11.8. The summed E-state index contributed by atoms with van der Waals surface area (Å²) in [6, 6.07) is 7.62. The van der Waals surface area contributed by atoms with E-state index in [0.717, 1.165) is 5.69 Å². The number of aromatic nitrogens is 2. The summed E-state index contributed by atoms with van der Waals surface area (Å²) < 4.78 is 1.67. The Labute approximate surface area is 109 Å². The molecular formula is C13H13N3O3. The van der Waals surface area contributed by atoms with Crippen molar-refractivity contribution in [2.24, 2.45) is 0 Å². The molecule has 98 valence electrons. The van der Waals surface area contributed by atoms with E-state index < -0.39 is 17.9 Å². The number of benzene rings is 1. The smallest absolute Gasteiger partial charge is 0.325 e. The average molecular weight is 259 g/mol. The number of carboxylic acids is 1. The van der Waals surface area contributed by atoms with Crippen LogP contribution in [0.1, 0.15) is 17.3 Å². The van der Waals surface area contributed by atoms with E-state index in [4.69, 9.17) is 5.11 Å². The van der Waals surface area contributed by atoms with Crippen LogP contribution in [0, 0.1) is 0 Å². The summed E-state index contributed by atoms with van der Waals surface area (Å²) in [7, 11) is 0. The molecule has 1 aromatic carbocycles. The third-order valence-electron chi connectivity index (χ3n) is 2.62. The minimum atomic E-state index is -1.07. The Morgan fingerprint density at radius 1 is 1.32 bits per heavy atom. The Balaban J connectivity index is 2.10. The summed E-state index contributed by atoms with van der Waals surface area (Å²) in [5.41, 5.74) is 1.23. The highest BCUT2D eigenvalue weighted by atomic mass is 16.4. The Bertz CT molecular complexity index is 576. The molecule has 0 saturated heterocycles. The highest BCUT2D eigenvalue weighted by Crippen LogP contribution is 2.08. The van der Waals surface area contributed by atoms with Crippen molar-refractivity contribution in [3.05, 3.63) is 48.3 Å². The van der Waals surface area contributed by atoms with Crippen LogP contribution in [0.15, 0.2) is 42.7 Å². The van der Waals surface area contributed by atoms with Gasteiger partial charge in [0.15, 0.2) is 0 Å². The molecule has 0 aliphatic rings. The lowest BCUT2D eigenvalue weighted by Crippen LogP contribution is -2.38. The van der Waals surface area contributed by atoms with Crippen molar-refractivity contribution < 1.29 is 14.7 Å². The standard InChI is InChI=1S/C13H13N3O3/c1-9(13(18)19)15-12(17)10-3-5-11(6-4-10)16-8-2-7-14-16/h2-9H,1H3,(H,15,17)(H,18,19)/t9-/m1/s1. The van der Waals surface area contributed by atoms with Gasteiger partial charge in [-0.25, -0.2) is 4.68 Å². The zero-order valence-corrected chi connectivity index (χ0v) is 10.3. The van der Waals surface area contributed by atoms with Crippen molar-refractivity contribution in [1.29, 1.82) is 0 Å². The Kier molecular flexibility index (Phi) is 3.61. The molecule has 2 rings (SSSR count). The molecule has 0 aliphatic carbocycles. The second-order valence-corrected chi connectivity index (χ2v) is 4.03. The van der Waals surface area contributed by atoms with Crippen LogP contribution in [0.2, 0.25) is 0 Å². The number of hydrogen-bond donors (Lipinski definition) is 2. The van der Waals surface area contributed by atoms with E-state index in [-0.39, 0.29) is 0 Å². The first-order chi connectivity index (χ1) is 9.08. The van der Waals surface area contributed by atoms with Crippen LogP contribution in [0.4, 0.5) is 0 Å². The fraction of sp³-hybridized carbons (Fsp3) is 0.154. The zero-order valence-electron chi connectivity index (χ0n) is 10.3. The lowest BCUT2D eigenvalue weighted by molar-refractivity contribution is -0.138. The van der Waals surface area contributed by atoms with Gasteiger partial charge in [-0.05, 0) is 37.3 Å². The Morgan fingerprint density at radius 2 is 2.00 bits per heavy atom. The van der Waals surface area contributed by atoms with Gasteiger partial charge in [0.25, 0.3) is 5.91 Å². The first-order valence-corrected chi connectivity index (χ1v) is 5.71. The fourth-order valence-electron chi connectivity index (χ4n) is 1.53. The van der Waals surface area contributed by atoms with E-state index in [0.29, 0.717) is 5.56 Å². The molecule has 2 N–H and O–H groups in total. The van der Waals surface area contributed by atoms with Gasteiger partial charge in [0, 0.05) is 18.0 Å². The van der Waals surface area contributed by atoms with Crippen molar-refractivity contribution in [3.8, 4) is 5.69 Å². The maximum absolute atomic E-state index is 11.8. The van der Waals surface area contributed by atoms with E-state index in [1.807, 2.05) is 0 Å². The highest BCUT2D eigenvalue weighted by Gasteiger charge is 2.15. The molecule has 1 atom stereocenters. The molecule has 0 radical (unpaired) electrons. The van der Waals surface area contributed by atoms with Gasteiger partial charge in [0.05, 0.1) is 5.69 Å². The van der Waals surface area contributed by atoms with Gasteiger partial charge >= 0.3 is 5.97 Å². The molecule has 19 heavy (non-hydrogen) atoms. The van der Waals surface area contributed by atoms with Crippen LogP contribution in [-0.4, -0.2) is 32.8 Å². The zero-order chi connectivity index (χ0) is 13.8. The molecule has 1 heterocycles. The minimum absolute atomic E-state index is 0.406. The average Bonchev–Trinajstić information content (AvgIpc) is 2.92.